The lowest BCUT2D eigenvalue weighted by molar-refractivity contribution is -0.138. The van der Waals surface area contributed by atoms with Crippen molar-refractivity contribution in [3.05, 3.63) is 47.3 Å². The maximum absolute atomic E-state index is 13.1. The zero-order chi connectivity index (χ0) is 18.6. The fourth-order valence-corrected chi connectivity index (χ4v) is 3.72. The van der Waals surface area contributed by atoms with E-state index in [1.54, 1.807) is 6.20 Å². The third-order valence-corrected chi connectivity index (χ3v) is 5.03. The van der Waals surface area contributed by atoms with E-state index in [1.807, 2.05) is 25.1 Å². The number of benzene rings is 1. The number of aryl methyl sites for hydroxylation is 1. The number of hydrogen-bond acceptors (Lipinski definition) is 4. The van der Waals surface area contributed by atoms with Crippen LogP contribution in [0.3, 0.4) is 0 Å². The Kier molecular flexibility index (Phi) is 5.35. The van der Waals surface area contributed by atoms with Crippen molar-refractivity contribution in [1.82, 2.24) is 20.3 Å². The molecule has 0 bridgehead atoms. The topological polar surface area (TPSA) is 97.1 Å². The van der Waals surface area contributed by atoms with Gasteiger partial charge in [-0.05, 0) is 25.3 Å². The standard InChI is InChI=1S/C19H24N4O3/c1-14-6-5-7-15(10-14)19(8-3-2-4-9-19)18(26)20-11-16-12-23(22-21-16)13-17(24)25/h5-7,10,12H,2-4,8-9,11,13H2,1H3,(H,20,26)(H,24,25). The summed E-state index contributed by atoms with van der Waals surface area (Å²) in [5.41, 5.74) is 2.28. The molecule has 26 heavy (non-hydrogen) atoms. The van der Waals surface area contributed by atoms with E-state index in [0.29, 0.717) is 5.69 Å². The second-order valence-electron chi connectivity index (χ2n) is 7.00. The van der Waals surface area contributed by atoms with E-state index in [0.717, 1.165) is 43.2 Å². The molecule has 2 aromatic rings. The molecule has 1 aromatic carbocycles. The molecule has 7 nitrogen and oxygen atoms in total. The van der Waals surface area contributed by atoms with Gasteiger partial charge in [0.15, 0.2) is 0 Å². The van der Waals surface area contributed by atoms with Gasteiger partial charge in [0.05, 0.1) is 18.2 Å². The summed E-state index contributed by atoms with van der Waals surface area (Å²) in [5, 5.41) is 19.5. The van der Waals surface area contributed by atoms with Crippen molar-refractivity contribution in [2.75, 3.05) is 0 Å². The first-order valence-electron chi connectivity index (χ1n) is 8.96. The van der Waals surface area contributed by atoms with Crippen molar-refractivity contribution < 1.29 is 14.7 Å². The van der Waals surface area contributed by atoms with Crippen LogP contribution < -0.4 is 5.32 Å². The predicted octanol–water partition coefficient (Wildman–Crippen LogP) is 2.19. The van der Waals surface area contributed by atoms with Crippen molar-refractivity contribution in [1.29, 1.82) is 0 Å². The Hall–Kier alpha value is -2.70. The molecule has 0 radical (unpaired) electrons. The van der Waals surface area contributed by atoms with Crippen LogP contribution in [0.15, 0.2) is 30.5 Å². The Balaban J connectivity index is 1.74. The highest BCUT2D eigenvalue weighted by atomic mass is 16.4. The minimum absolute atomic E-state index is 0.00980. The van der Waals surface area contributed by atoms with Gasteiger partial charge in [-0.25, -0.2) is 4.68 Å². The molecular formula is C19H24N4O3. The van der Waals surface area contributed by atoms with E-state index in [4.69, 9.17) is 5.11 Å². The second kappa shape index (κ2) is 7.68. The van der Waals surface area contributed by atoms with Gasteiger partial charge in [-0.2, -0.15) is 0 Å². The largest absolute Gasteiger partial charge is 0.480 e. The average Bonchev–Trinajstić information content (AvgIpc) is 3.07. The molecule has 1 aliphatic carbocycles. The first-order valence-corrected chi connectivity index (χ1v) is 8.96. The van der Waals surface area contributed by atoms with E-state index < -0.39 is 11.4 Å². The predicted molar refractivity (Wildman–Crippen MR) is 95.4 cm³/mol. The SMILES string of the molecule is Cc1cccc(C2(C(=O)NCc3cn(CC(=O)O)nn3)CCCCC2)c1. The van der Waals surface area contributed by atoms with Crippen LogP contribution in [0.4, 0.5) is 0 Å². The zero-order valence-corrected chi connectivity index (χ0v) is 14.9. The van der Waals surface area contributed by atoms with Gasteiger partial charge in [-0.3, -0.25) is 9.59 Å². The lowest BCUT2D eigenvalue weighted by Gasteiger charge is -2.36. The molecule has 0 spiro atoms. The van der Waals surface area contributed by atoms with Crippen LogP contribution in [0.25, 0.3) is 0 Å². The molecule has 138 valence electrons. The number of aliphatic carboxylic acids is 1. The fourth-order valence-electron chi connectivity index (χ4n) is 3.72. The fraction of sp³-hybridized carbons (Fsp3) is 0.474. The molecule has 1 saturated carbocycles. The monoisotopic (exact) mass is 356 g/mol. The van der Waals surface area contributed by atoms with E-state index in [9.17, 15) is 9.59 Å². The van der Waals surface area contributed by atoms with Gasteiger partial charge in [-0.15, -0.1) is 5.10 Å². The number of carboxylic acid groups (broad SMARTS) is 1. The van der Waals surface area contributed by atoms with Crippen molar-refractivity contribution in [3.8, 4) is 0 Å². The number of rotatable bonds is 6. The second-order valence-corrected chi connectivity index (χ2v) is 7.00. The van der Waals surface area contributed by atoms with Gasteiger partial charge in [0.25, 0.3) is 0 Å². The van der Waals surface area contributed by atoms with E-state index in [1.165, 1.54) is 4.68 Å². The molecule has 1 heterocycles. The Bertz CT molecular complexity index is 794. The van der Waals surface area contributed by atoms with Gasteiger partial charge in [0.1, 0.15) is 12.2 Å². The number of nitrogens with zero attached hydrogens (tertiary/aromatic N) is 3. The third-order valence-electron chi connectivity index (χ3n) is 5.03. The van der Waals surface area contributed by atoms with Crippen LogP contribution in [0, 0.1) is 6.92 Å². The van der Waals surface area contributed by atoms with Crippen molar-refractivity contribution in [3.63, 3.8) is 0 Å². The molecule has 1 fully saturated rings. The molecule has 0 atom stereocenters. The highest BCUT2D eigenvalue weighted by Gasteiger charge is 2.41. The van der Waals surface area contributed by atoms with Crippen molar-refractivity contribution >= 4 is 11.9 Å². The molecule has 1 aromatic heterocycles. The molecule has 0 aliphatic heterocycles. The van der Waals surface area contributed by atoms with Gasteiger partial charge < -0.3 is 10.4 Å². The number of amides is 1. The number of carboxylic acids is 1. The molecule has 1 amide bonds. The maximum Gasteiger partial charge on any atom is 0.325 e. The van der Waals surface area contributed by atoms with E-state index in [2.05, 4.69) is 21.7 Å². The van der Waals surface area contributed by atoms with Crippen LogP contribution in [-0.4, -0.2) is 32.0 Å². The quantitative estimate of drug-likeness (QED) is 0.827. The Labute approximate surface area is 152 Å². The smallest absolute Gasteiger partial charge is 0.325 e. The number of carbonyl (C=O) groups excluding carboxylic acids is 1. The lowest BCUT2D eigenvalue weighted by Crippen LogP contribution is -2.45. The zero-order valence-electron chi connectivity index (χ0n) is 14.9. The minimum Gasteiger partial charge on any atom is -0.480 e. The number of hydrogen-bond donors (Lipinski definition) is 2. The number of carbonyl (C=O) groups is 2. The van der Waals surface area contributed by atoms with Crippen LogP contribution in [0.5, 0.6) is 0 Å². The van der Waals surface area contributed by atoms with Gasteiger partial charge in [0.2, 0.25) is 5.91 Å². The minimum atomic E-state index is -0.980. The van der Waals surface area contributed by atoms with Gasteiger partial charge >= 0.3 is 5.97 Å². The molecule has 3 rings (SSSR count). The van der Waals surface area contributed by atoms with Crippen LogP contribution in [-0.2, 0) is 28.1 Å². The van der Waals surface area contributed by atoms with Crippen molar-refractivity contribution in [2.45, 2.75) is 57.5 Å². The summed E-state index contributed by atoms with van der Waals surface area (Å²) in [4.78, 5) is 23.8. The van der Waals surface area contributed by atoms with E-state index in [-0.39, 0.29) is 19.0 Å². The van der Waals surface area contributed by atoms with Crippen LogP contribution >= 0.6 is 0 Å². The summed E-state index contributed by atoms with van der Waals surface area (Å²) in [5.74, 6) is -0.971. The number of aromatic nitrogens is 3. The molecular weight excluding hydrogens is 332 g/mol. The summed E-state index contributed by atoms with van der Waals surface area (Å²) in [6.45, 7) is 2.04. The highest BCUT2D eigenvalue weighted by Crippen LogP contribution is 2.40. The molecule has 7 heteroatoms. The average molecular weight is 356 g/mol. The Morgan fingerprint density at radius 3 is 2.73 bits per heavy atom. The first-order chi connectivity index (χ1) is 12.5. The molecule has 0 unspecified atom stereocenters. The highest BCUT2D eigenvalue weighted by molar-refractivity contribution is 5.88. The van der Waals surface area contributed by atoms with Crippen LogP contribution in [0.1, 0.15) is 48.9 Å². The summed E-state index contributed by atoms with van der Waals surface area (Å²) in [6.07, 6.45) is 6.47. The van der Waals surface area contributed by atoms with Gasteiger partial charge in [-0.1, -0.05) is 54.3 Å². The summed E-state index contributed by atoms with van der Waals surface area (Å²) in [7, 11) is 0. The maximum atomic E-state index is 13.1. The Morgan fingerprint density at radius 2 is 2.04 bits per heavy atom. The summed E-state index contributed by atoms with van der Waals surface area (Å²) in [6, 6.07) is 8.19. The lowest BCUT2D eigenvalue weighted by atomic mass is 9.68. The molecule has 2 N–H and O–H groups in total. The number of nitrogens with one attached hydrogen (secondary N) is 1. The molecule has 1 aliphatic rings. The normalized spacial score (nSPS) is 16.2. The molecule has 0 saturated heterocycles. The Morgan fingerprint density at radius 1 is 1.27 bits per heavy atom. The summed E-state index contributed by atoms with van der Waals surface area (Å²) < 4.78 is 1.25. The third kappa shape index (κ3) is 3.92. The van der Waals surface area contributed by atoms with Crippen LogP contribution in [0.2, 0.25) is 0 Å². The first kappa shape index (κ1) is 18.1. The van der Waals surface area contributed by atoms with E-state index >= 15 is 0 Å². The van der Waals surface area contributed by atoms with Crippen molar-refractivity contribution in [2.24, 2.45) is 0 Å². The summed E-state index contributed by atoms with van der Waals surface area (Å²) >= 11 is 0. The van der Waals surface area contributed by atoms with Gasteiger partial charge in [0, 0.05) is 0 Å².